The van der Waals surface area contributed by atoms with Gasteiger partial charge in [0.1, 0.15) is 0 Å². The summed E-state index contributed by atoms with van der Waals surface area (Å²) in [6, 6.07) is 17.6. The van der Waals surface area contributed by atoms with Gasteiger partial charge in [0.25, 0.3) is 5.91 Å². The summed E-state index contributed by atoms with van der Waals surface area (Å²) < 4.78 is 5.21. The van der Waals surface area contributed by atoms with Gasteiger partial charge in [0.05, 0.1) is 12.5 Å². The Hall–Kier alpha value is -3.70. The summed E-state index contributed by atoms with van der Waals surface area (Å²) in [6.07, 6.45) is 0.176. The molecule has 0 aliphatic carbocycles. The number of benzene rings is 2. The van der Waals surface area contributed by atoms with Gasteiger partial charge in [0, 0.05) is 24.2 Å². The van der Waals surface area contributed by atoms with Crippen LogP contribution in [0.4, 0.5) is 10.8 Å². The largest absolute Gasteiger partial charge is 0.451 e. The molecule has 1 heterocycles. The number of aryl methyl sites for hydroxylation is 2. The summed E-state index contributed by atoms with van der Waals surface area (Å²) in [6.45, 7) is 4.26. The van der Waals surface area contributed by atoms with E-state index in [1.54, 1.807) is 5.38 Å². The van der Waals surface area contributed by atoms with E-state index in [1.807, 2.05) is 62.4 Å². The highest BCUT2D eigenvalue weighted by atomic mass is 32.1. The molecule has 2 aromatic carbocycles. The highest BCUT2D eigenvalue weighted by molar-refractivity contribution is 7.13. The normalized spacial score (nSPS) is 10.3. The predicted molar refractivity (Wildman–Crippen MR) is 125 cm³/mol. The first kappa shape index (κ1) is 23.0. The van der Waals surface area contributed by atoms with E-state index >= 15 is 0 Å². The minimum Gasteiger partial charge on any atom is -0.451 e. The number of carbonyl (C=O) groups is 2. The van der Waals surface area contributed by atoms with Crippen molar-refractivity contribution in [2.45, 2.75) is 26.8 Å². The number of esters is 1. The van der Waals surface area contributed by atoms with Crippen molar-refractivity contribution >= 4 is 34.0 Å². The monoisotopic (exact) mass is 448 g/mol. The SMILES string of the molecule is Cc1cc(C)cc(N(CCC#N)C(=O)COC(=O)c2csc(NCc3ccccc3)n2)c1. The summed E-state index contributed by atoms with van der Waals surface area (Å²) in [5.74, 6) is -1.06. The summed E-state index contributed by atoms with van der Waals surface area (Å²) in [4.78, 5) is 30.9. The molecule has 0 saturated heterocycles. The number of nitrogens with zero attached hydrogens (tertiary/aromatic N) is 3. The van der Waals surface area contributed by atoms with E-state index in [-0.39, 0.29) is 18.7 Å². The molecule has 3 aromatic rings. The molecular weight excluding hydrogens is 424 g/mol. The molecule has 164 valence electrons. The number of hydrogen-bond donors (Lipinski definition) is 1. The van der Waals surface area contributed by atoms with E-state index in [1.165, 1.54) is 16.2 Å². The van der Waals surface area contributed by atoms with Gasteiger partial charge in [-0.1, -0.05) is 36.4 Å². The van der Waals surface area contributed by atoms with Crippen LogP contribution in [0.3, 0.4) is 0 Å². The molecule has 0 spiro atoms. The lowest BCUT2D eigenvalue weighted by Gasteiger charge is -2.22. The van der Waals surface area contributed by atoms with Crippen LogP contribution in [0.25, 0.3) is 0 Å². The van der Waals surface area contributed by atoms with Crippen molar-refractivity contribution in [1.29, 1.82) is 5.26 Å². The fraction of sp³-hybridized carbons (Fsp3) is 0.250. The molecule has 0 atom stereocenters. The lowest BCUT2D eigenvalue weighted by Crippen LogP contribution is -2.35. The van der Waals surface area contributed by atoms with Gasteiger partial charge in [-0.15, -0.1) is 11.3 Å². The average Bonchev–Trinajstić information content (AvgIpc) is 3.25. The number of amides is 1. The highest BCUT2D eigenvalue weighted by Crippen LogP contribution is 2.20. The van der Waals surface area contributed by atoms with Crippen LogP contribution >= 0.6 is 11.3 Å². The maximum absolute atomic E-state index is 12.8. The molecule has 0 unspecified atom stereocenters. The Kier molecular flexibility index (Phi) is 7.95. The Balaban J connectivity index is 1.59. The second kappa shape index (κ2) is 11.1. The molecule has 1 N–H and O–H groups in total. The fourth-order valence-electron chi connectivity index (χ4n) is 3.17. The first-order chi connectivity index (χ1) is 15.5. The minimum atomic E-state index is -0.664. The standard InChI is InChI=1S/C24H24N4O3S/c1-17-11-18(2)13-20(12-17)28(10-6-9-25)22(29)15-31-23(30)21-16-32-24(27-21)26-14-19-7-4-3-5-8-19/h3-5,7-8,11-13,16H,6,10,14-15H2,1-2H3,(H,26,27). The van der Waals surface area contributed by atoms with E-state index < -0.39 is 18.5 Å². The molecule has 0 saturated carbocycles. The van der Waals surface area contributed by atoms with Crippen LogP contribution in [0.5, 0.6) is 0 Å². The highest BCUT2D eigenvalue weighted by Gasteiger charge is 2.20. The molecule has 3 rings (SSSR count). The quantitative estimate of drug-likeness (QED) is 0.485. The number of hydrogen-bond acceptors (Lipinski definition) is 7. The van der Waals surface area contributed by atoms with E-state index in [4.69, 9.17) is 10.00 Å². The van der Waals surface area contributed by atoms with Crippen molar-refractivity contribution in [3.05, 3.63) is 76.3 Å². The Morgan fingerprint density at radius 3 is 2.56 bits per heavy atom. The molecule has 0 fully saturated rings. The molecule has 1 amide bonds. The number of rotatable bonds is 9. The van der Waals surface area contributed by atoms with Crippen molar-refractivity contribution in [3.8, 4) is 6.07 Å². The lowest BCUT2D eigenvalue weighted by atomic mass is 10.1. The van der Waals surface area contributed by atoms with Crippen LogP contribution in [0.15, 0.2) is 53.9 Å². The molecule has 0 aliphatic rings. The second-order valence-electron chi connectivity index (χ2n) is 7.25. The molecule has 8 heteroatoms. The third kappa shape index (κ3) is 6.40. The molecular formula is C24H24N4O3S. The van der Waals surface area contributed by atoms with E-state index in [9.17, 15) is 9.59 Å². The van der Waals surface area contributed by atoms with Crippen LogP contribution < -0.4 is 10.2 Å². The number of thiazole rings is 1. The van der Waals surface area contributed by atoms with Gasteiger partial charge in [0.15, 0.2) is 17.4 Å². The Morgan fingerprint density at radius 1 is 1.16 bits per heavy atom. The number of carbonyl (C=O) groups excluding carboxylic acids is 2. The average molecular weight is 449 g/mol. The Bertz CT molecular complexity index is 1100. The predicted octanol–water partition coefficient (Wildman–Crippen LogP) is 4.48. The van der Waals surface area contributed by atoms with E-state index in [0.29, 0.717) is 17.4 Å². The second-order valence-corrected chi connectivity index (χ2v) is 8.11. The van der Waals surface area contributed by atoms with Gasteiger partial charge < -0.3 is 15.0 Å². The van der Waals surface area contributed by atoms with Gasteiger partial charge in [-0.2, -0.15) is 5.26 Å². The van der Waals surface area contributed by atoms with E-state index in [0.717, 1.165) is 16.7 Å². The summed E-state index contributed by atoms with van der Waals surface area (Å²) in [7, 11) is 0. The molecule has 1 aromatic heterocycles. The summed E-state index contributed by atoms with van der Waals surface area (Å²) in [5.41, 5.74) is 3.93. The van der Waals surface area contributed by atoms with Gasteiger partial charge >= 0.3 is 5.97 Å². The van der Waals surface area contributed by atoms with Gasteiger partial charge in [-0.25, -0.2) is 9.78 Å². The summed E-state index contributed by atoms with van der Waals surface area (Å²) >= 11 is 1.29. The van der Waals surface area contributed by atoms with Crippen LogP contribution in [0, 0.1) is 25.2 Å². The van der Waals surface area contributed by atoms with Crippen LogP contribution in [0.2, 0.25) is 0 Å². The number of nitrogens with one attached hydrogen (secondary N) is 1. The van der Waals surface area contributed by atoms with Crippen LogP contribution in [0.1, 0.15) is 33.6 Å². The van der Waals surface area contributed by atoms with Gasteiger partial charge in [0.2, 0.25) is 0 Å². The Morgan fingerprint density at radius 2 is 1.88 bits per heavy atom. The number of aromatic nitrogens is 1. The van der Waals surface area contributed by atoms with Crippen LogP contribution in [-0.4, -0.2) is 30.0 Å². The maximum Gasteiger partial charge on any atom is 0.358 e. The van der Waals surface area contributed by atoms with Crippen LogP contribution in [-0.2, 0) is 16.1 Å². The first-order valence-corrected chi connectivity index (χ1v) is 11.0. The number of ether oxygens (including phenoxy) is 1. The number of nitriles is 1. The van der Waals surface area contributed by atoms with Crippen molar-refractivity contribution < 1.29 is 14.3 Å². The fourth-order valence-corrected chi connectivity index (χ4v) is 3.85. The molecule has 0 radical (unpaired) electrons. The van der Waals surface area contributed by atoms with Crippen molar-refractivity contribution in [2.75, 3.05) is 23.4 Å². The van der Waals surface area contributed by atoms with Crippen molar-refractivity contribution in [1.82, 2.24) is 4.98 Å². The minimum absolute atomic E-state index is 0.147. The van der Waals surface area contributed by atoms with E-state index in [2.05, 4.69) is 16.4 Å². The summed E-state index contributed by atoms with van der Waals surface area (Å²) in [5, 5.41) is 14.3. The van der Waals surface area contributed by atoms with Crippen molar-refractivity contribution in [2.24, 2.45) is 0 Å². The van der Waals surface area contributed by atoms with Gasteiger partial charge in [-0.3, -0.25) is 4.79 Å². The maximum atomic E-state index is 12.8. The smallest absolute Gasteiger partial charge is 0.358 e. The number of anilines is 2. The van der Waals surface area contributed by atoms with Gasteiger partial charge in [-0.05, 0) is 42.7 Å². The van der Waals surface area contributed by atoms with Crippen molar-refractivity contribution in [3.63, 3.8) is 0 Å². The zero-order valence-electron chi connectivity index (χ0n) is 18.0. The molecule has 7 nitrogen and oxygen atoms in total. The zero-order chi connectivity index (χ0) is 22.9. The Labute approximate surface area is 191 Å². The topological polar surface area (TPSA) is 95.3 Å². The molecule has 0 aliphatic heterocycles. The third-order valence-corrected chi connectivity index (χ3v) is 5.39. The third-order valence-electron chi connectivity index (χ3n) is 4.59. The molecule has 0 bridgehead atoms. The molecule has 32 heavy (non-hydrogen) atoms. The zero-order valence-corrected chi connectivity index (χ0v) is 18.8. The first-order valence-electron chi connectivity index (χ1n) is 10.1. The lowest BCUT2D eigenvalue weighted by molar-refractivity contribution is -0.121.